The summed E-state index contributed by atoms with van der Waals surface area (Å²) in [5, 5.41) is 8.71. The first-order chi connectivity index (χ1) is 6.93. The highest BCUT2D eigenvalue weighted by atomic mass is 28.4. The van der Waals surface area contributed by atoms with Crippen LogP contribution in [0.4, 0.5) is 0 Å². The van der Waals surface area contributed by atoms with Crippen molar-refractivity contribution in [2.45, 2.75) is 45.8 Å². The molecule has 0 aromatic carbocycles. The minimum Gasteiger partial charge on any atom is -0.398 e. The minimum absolute atomic E-state index is 0.0922. The first-order valence-corrected chi connectivity index (χ1v) is 8.04. The highest BCUT2D eigenvalue weighted by Gasteiger charge is 2.30. The Hall–Kier alpha value is 0.0569. The Bertz CT molecular complexity index is 169. The molecule has 5 heteroatoms. The molecule has 0 amide bonds. The maximum absolute atomic E-state index is 8.71. The lowest BCUT2D eigenvalue weighted by molar-refractivity contribution is 0.127. The summed E-state index contributed by atoms with van der Waals surface area (Å²) in [5.41, 5.74) is 2.24. The normalized spacial score (nSPS) is 17.8. The Kier molecular flexibility index (Phi) is 7.38. The van der Waals surface area contributed by atoms with Gasteiger partial charge >= 0.3 is 8.56 Å². The van der Waals surface area contributed by atoms with E-state index in [2.05, 4.69) is 25.9 Å². The summed E-state index contributed by atoms with van der Waals surface area (Å²) in [5.74, 6) is 0.528. The monoisotopic (exact) mass is 235 g/mol. The topological polar surface area (TPSA) is 50.7 Å². The molecule has 0 aliphatic heterocycles. The first-order valence-electron chi connectivity index (χ1n) is 5.52. The molecule has 2 N–H and O–H groups in total. The average molecular weight is 235 g/mol. The van der Waals surface area contributed by atoms with Crippen LogP contribution in [0.2, 0.25) is 12.6 Å². The molecule has 0 heterocycles. The Morgan fingerprint density at radius 1 is 1.33 bits per heavy atom. The molecule has 2 unspecified atom stereocenters. The Morgan fingerprint density at radius 3 is 2.33 bits per heavy atom. The van der Waals surface area contributed by atoms with Crippen LogP contribution in [0.25, 0.3) is 0 Å². The SMILES string of the molecule is CO[Si](C)(CCC(C)NO)OCC(C)C. The van der Waals surface area contributed by atoms with Crippen LogP contribution in [0.5, 0.6) is 0 Å². The predicted molar refractivity (Wildman–Crippen MR) is 63.2 cm³/mol. The van der Waals surface area contributed by atoms with E-state index in [1.807, 2.05) is 6.92 Å². The van der Waals surface area contributed by atoms with Crippen molar-refractivity contribution in [2.24, 2.45) is 5.92 Å². The highest BCUT2D eigenvalue weighted by molar-refractivity contribution is 6.65. The van der Waals surface area contributed by atoms with E-state index >= 15 is 0 Å². The standard InChI is InChI=1S/C10H25NO3Si/c1-9(2)8-14-15(5,13-4)7-6-10(3)11-12/h9-12H,6-8H2,1-5H3. The zero-order valence-corrected chi connectivity index (χ0v) is 11.5. The lowest BCUT2D eigenvalue weighted by Crippen LogP contribution is -2.40. The van der Waals surface area contributed by atoms with Crippen LogP contribution >= 0.6 is 0 Å². The smallest absolute Gasteiger partial charge is 0.334 e. The lowest BCUT2D eigenvalue weighted by atomic mass is 10.2. The number of nitrogens with one attached hydrogen (secondary N) is 1. The third-order valence-electron chi connectivity index (χ3n) is 2.41. The van der Waals surface area contributed by atoms with Gasteiger partial charge in [0.05, 0.1) is 0 Å². The molecule has 0 saturated heterocycles. The van der Waals surface area contributed by atoms with Gasteiger partial charge in [-0.1, -0.05) is 13.8 Å². The van der Waals surface area contributed by atoms with Crippen molar-refractivity contribution in [1.29, 1.82) is 0 Å². The summed E-state index contributed by atoms with van der Waals surface area (Å²) in [6.07, 6.45) is 0.866. The summed E-state index contributed by atoms with van der Waals surface area (Å²) in [7, 11) is -0.304. The van der Waals surface area contributed by atoms with Crippen LogP contribution < -0.4 is 5.48 Å². The van der Waals surface area contributed by atoms with Gasteiger partial charge in [-0.2, -0.15) is 0 Å². The van der Waals surface area contributed by atoms with E-state index in [4.69, 9.17) is 14.1 Å². The zero-order chi connectivity index (χ0) is 11.9. The van der Waals surface area contributed by atoms with E-state index in [0.29, 0.717) is 5.92 Å². The van der Waals surface area contributed by atoms with Gasteiger partial charge in [0.25, 0.3) is 0 Å². The summed E-state index contributed by atoms with van der Waals surface area (Å²) in [6.45, 7) is 9.01. The van der Waals surface area contributed by atoms with E-state index in [0.717, 1.165) is 19.1 Å². The predicted octanol–water partition coefficient (Wildman–Crippen LogP) is 2.13. The van der Waals surface area contributed by atoms with Crippen molar-refractivity contribution in [2.75, 3.05) is 13.7 Å². The summed E-state index contributed by atoms with van der Waals surface area (Å²) >= 11 is 0. The quantitative estimate of drug-likeness (QED) is 0.500. The molecule has 0 aliphatic rings. The molecule has 0 rings (SSSR count). The summed E-state index contributed by atoms with van der Waals surface area (Å²) in [4.78, 5) is 0. The highest BCUT2D eigenvalue weighted by Crippen LogP contribution is 2.17. The number of rotatable bonds is 8. The molecule has 0 bridgehead atoms. The second kappa shape index (κ2) is 7.35. The first kappa shape index (κ1) is 15.1. The molecule has 0 saturated carbocycles. The van der Waals surface area contributed by atoms with Crippen LogP contribution in [0.1, 0.15) is 27.2 Å². The number of hydrogen-bond acceptors (Lipinski definition) is 4. The fourth-order valence-corrected chi connectivity index (χ4v) is 3.23. The maximum Gasteiger partial charge on any atom is 0.334 e. The van der Waals surface area contributed by atoms with Gasteiger partial charge in [0.1, 0.15) is 0 Å². The van der Waals surface area contributed by atoms with Crippen molar-refractivity contribution in [1.82, 2.24) is 5.48 Å². The molecule has 4 nitrogen and oxygen atoms in total. The third-order valence-corrected chi connectivity index (χ3v) is 5.24. The molecule has 0 aromatic heterocycles. The third kappa shape index (κ3) is 7.02. The second-order valence-electron chi connectivity index (χ2n) is 4.61. The van der Waals surface area contributed by atoms with E-state index in [1.54, 1.807) is 7.11 Å². The molecular weight excluding hydrogens is 210 g/mol. The van der Waals surface area contributed by atoms with Crippen LogP contribution in [0.15, 0.2) is 0 Å². The van der Waals surface area contributed by atoms with Gasteiger partial charge in [-0.25, -0.2) is 5.48 Å². The molecule has 0 aromatic rings. The lowest BCUT2D eigenvalue weighted by Gasteiger charge is -2.27. The maximum atomic E-state index is 8.71. The number of hydrogen-bond donors (Lipinski definition) is 2. The van der Waals surface area contributed by atoms with Crippen LogP contribution in [-0.4, -0.2) is 33.5 Å². The van der Waals surface area contributed by atoms with Gasteiger partial charge in [-0.15, -0.1) is 0 Å². The van der Waals surface area contributed by atoms with Crippen molar-refractivity contribution in [3.8, 4) is 0 Å². The van der Waals surface area contributed by atoms with Gasteiger partial charge in [-0.3, -0.25) is 0 Å². The van der Waals surface area contributed by atoms with Gasteiger partial charge in [0.15, 0.2) is 0 Å². The molecular formula is C10H25NO3Si. The van der Waals surface area contributed by atoms with E-state index in [9.17, 15) is 0 Å². The van der Waals surface area contributed by atoms with E-state index in [-0.39, 0.29) is 6.04 Å². The molecule has 92 valence electrons. The molecule has 0 fully saturated rings. The largest absolute Gasteiger partial charge is 0.398 e. The van der Waals surface area contributed by atoms with Crippen molar-refractivity contribution >= 4 is 8.56 Å². The van der Waals surface area contributed by atoms with E-state index in [1.165, 1.54) is 0 Å². The fourth-order valence-electron chi connectivity index (χ4n) is 1.12. The minimum atomic E-state index is -2.02. The number of hydroxylamine groups is 1. The summed E-state index contributed by atoms with van der Waals surface area (Å²) < 4.78 is 11.3. The Balaban J connectivity index is 3.95. The van der Waals surface area contributed by atoms with Crippen molar-refractivity contribution < 1.29 is 14.1 Å². The van der Waals surface area contributed by atoms with Gasteiger partial charge in [0, 0.05) is 19.8 Å². The molecule has 0 radical (unpaired) electrons. The van der Waals surface area contributed by atoms with Gasteiger partial charge < -0.3 is 14.1 Å². The Morgan fingerprint density at radius 2 is 1.93 bits per heavy atom. The Labute approximate surface area is 94.2 Å². The second-order valence-corrected chi connectivity index (χ2v) is 8.08. The van der Waals surface area contributed by atoms with Crippen molar-refractivity contribution in [3.63, 3.8) is 0 Å². The van der Waals surface area contributed by atoms with E-state index < -0.39 is 8.56 Å². The molecule has 15 heavy (non-hydrogen) atoms. The average Bonchev–Trinajstić information content (AvgIpc) is 2.23. The van der Waals surface area contributed by atoms with Crippen LogP contribution in [0.3, 0.4) is 0 Å². The fraction of sp³-hybridized carbons (Fsp3) is 1.00. The van der Waals surface area contributed by atoms with Crippen molar-refractivity contribution in [3.05, 3.63) is 0 Å². The molecule has 0 spiro atoms. The van der Waals surface area contributed by atoms with Crippen LogP contribution in [-0.2, 0) is 8.85 Å². The van der Waals surface area contributed by atoms with Gasteiger partial charge in [0.2, 0.25) is 0 Å². The molecule has 0 aliphatic carbocycles. The van der Waals surface area contributed by atoms with Gasteiger partial charge in [-0.05, 0) is 31.9 Å². The summed E-state index contributed by atoms with van der Waals surface area (Å²) in [6, 6.07) is 0.986. The zero-order valence-electron chi connectivity index (χ0n) is 10.5. The molecule has 2 atom stereocenters. The van der Waals surface area contributed by atoms with Crippen LogP contribution in [0, 0.1) is 5.92 Å².